The Labute approximate surface area is 104 Å². The first kappa shape index (κ1) is 12.1. The maximum atomic E-state index is 4.50. The first-order valence-electron chi connectivity index (χ1n) is 6.02. The molecule has 0 spiro atoms. The molecule has 17 heavy (non-hydrogen) atoms. The van der Waals surface area contributed by atoms with Crippen LogP contribution in [0.15, 0.2) is 30.3 Å². The smallest absolute Gasteiger partial charge is 0.0775 e. The van der Waals surface area contributed by atoms with Crippen molar-refractivity contribution < 1.29 is 0 Å². The van der Waals surface area contributed by atoms with Crippen molar-refractivity contribution in [1.29, 1.82) is 0 Å². The van der Waals surface area contributed by atoms with Gasteiger partial charge < -0.3 is 0 Å². The summed E-state index contributed by atoms with van der Waals surface area (Å²) >= 11 is 0. The largest absolute Gasteiger partial charge is 0.238 e. The molecule has 0 aliphatic rings. The van der Waals surface area contributed by atoms with Crippen LogP contribution in [0.5, 0.6) is 0 Å². The second kappa shape index (κ2) is 4.15. The van der Waals surface area contributed by atoms with Crippen molar-refractivity contribution in [3.8, 4) is 5.69 Å². The molecule has 3 heteroatoms. The van der Waals surface area contributed by atoms with Gasteiger partial charge in [-0.05, 0) is 32.0 Å². The minimum absolute atomic E-state index is 1.07. The molecule has 0 atom stereocenters. The zero-order valence-corrected chi connectivity index (χ0v) is 12.3. The van der Waals surface area contributed by atoms with Gasteiger partial charge in [-0.2, -0.15) is 5.10 Å². The van der Waals surface area contributed by atoms with Crippen molar-refractivity contribution in [3.05, 3.63) is 41.7 Å². The number of aromatic nitrogens is 2. The van der Waals surface area contributed by atoms with E-state index in [-0.39, 0.29) is 0 Å². The van der Waals surface area contributed by atoms with Gasteiger partial charge in [-0.1, -0.05) is 37.0 Å². The number of rotatable bonds is 2. The summed E-state index contributed by atoms with van der Waals surface area (Å²) < 4.78 is 2.00. The van der Waals surface area contributed by atoms with E-state index in [1.54, 1.807) is 0 Å². The summed E-state index contributed by atoms with van der Waals surface area (Å²) in [4.78, 5) is 0. The summed E-state index contributed by atoms with van der Waals surface area (Å²) in [6, 6.07) is 10.9. The van der Waals surface area contributed by atoms with Crippen LogP contribution >= 0.6 is 0 Å². The molecule has 0 N–H and O–H groups in total. The topological polar surface area (TPSA) is 17.8 Å². The Morgan fingerprint density at radius 1 is 1.00 bits per heavy atom. The van der Waals surface area contributed by atoms with Crippen molar-refractivity contribution in [2.75, 3.05) is 0 Å². The molecule has 0 saturated heterocycles. The highest BCUT2D eigenvalue weighted by atomic mass is 28.3. The second-order valence-corrected chi connectivity index (χ2v) is 10.7. The second-order valence-electron chi connectivity index (χ2n) is 5.64. The van der Waals surface area contributed by atoms with E-state index < -0.39 is 8.07 Å². The minimum Gasteiger partial charge on any atom is -0.238 e. The van der Waals surface area contributed by atoms with Crippen LogP contribution in [-0.2, 0) is 0 Å². The van der Waals surface area contributed by atoms with Gasteiger partial charge in [-0.3, -0.25) is 0 Å². The molecule has 0 unspecified atom stereocenters. The molecule has 90 valence electrons. The van der Waals surface area contributed by atoms with Crippen LogP contribution in [0.4, 0.5) is 0 Å². The standard InChI is InChI=1S/C14H20N2Si/c1-11-10-12(2)16(15-11)13-6-8-14(9-7-13)17(3,4)5/h6-10H,1-5H3. The predicted octanol–water partition coefficient (Wildman–Crippen LogP) is 3.03. The SMILES string of the molecule is Cc1cc(C)n(-c2ccc([Si](C)(C)C)cc2)n1. The van der Waals surface area contributed by atoms with E-state index in [1.807, 2.05) is 11.6 Å². The number of hydrogen-bond acceptors (Lipinski definition) is 1. The van der Waals surface area contributed by atoms with Crippen molar-refractivity contribution in [2.24, 2.45) is 0 Å². The van der Waals surface area contributed by atoms with E-state index in [0.717, 1.165) is 11.4 Å². The van der Waals surface area contributed by atoms with Gasteiger partial charge >= 0.3 is 0 Å². The van der Waals surface area contributed by atoms with Crippen molar-refractivity contribution in [2.45, 2.75) is 33.5 Å². The fourth-order valence-electron chi connectivity index (χ4n) is 1.99. The molecule has 1 aromatic heterocycles. The molecule has 2 aromatic rings. The van der Waals surface area contributed by atoms with E-state index in [1.165, 1.54) is 10.9 Å². The van der Waals surface area contributed by atoms with Gasteiger partial charge in [0.1, 0.15) is 0 Å². The van der Waals surface area contributed by atoms with E-state index in [0.29, 0.717) is 0 Å². The Bertz CT molecular complexity index is 518. The van der Waals surface area contributed by atoms with Crippen LogP contribution in [0.25, 0.3) is 5.69 Å². The highest BCUT2D eigenvalue weighted by molar-refractivity contribution is 6.88. The fraction of sp³-hybridized carbons (Fsp3) is 0.357. The first-order chi connectivity index (χ1) is 7.88. The summed E-state index contributed by atoms with van der Waals surface area (Å²) in [5.41, 5.74) is 3.40. The molecule has 0 bridgehead atoms. The third-order valence-corrected chi connectivity index (χ3v) is 5.05. The molecule has 1 aromatic carbocycles. The Balaban J connectivity index is 2.39. The number of hydrogen-bond donors (Lipinski definition) is 0. The fourth-order valence-corrected chi connectivity index (χ4v) is 3.16. The molecule has 2 rings (SSSR count). The van der Waals surface area contributed by atoms with E-state index in [4.69, 9.17) is 0 Å². The number of nitrogens with zero attached hydrogens (tertiary/aromatic N) is 2. The van der Waals surface area contributed by atoms with Gasteiger partial charge in [0, 0.05) is 5.69 Å². The molecule has 0 aliphatic carbocycles. The number of aryl methyl sites for hydroxylation is 2. The normalized spacial score (nSPS) is 11.8. The lowest BCUT2D eigenvalue weighted by Crippen LogP contribution is -2.37. The lowest BCUT2D eigenvalue weighted by atomic mass is 10.3. The minimum atomic E-state index is -1.20. The summed E-state index contributed by atoms with van der Waals surface area (Å²) in [6.07, 6.45) is 0. The van der Waals surface area contributed by atoms with Crippen LogP contribution in [0, 0.1) is 13.8 Å². The monoisotopic (exact) mass is 244 g/mol. The molecule has 0 saturated carbocycles. The quantitative estimate of drug-likeness (QED) is 0.743. The Hall–Kier alpha value is -1.35. The number of benzene rings is 1. The molecule has 0 aliphatic heterocycles. The highest BCUT2D eigenvalue weighted by Crippen LogP contribution is 2.12. The summed E-state index contributed by atoms with van der Waals surface area (Å²) in [7, 11) is -1.20. The third kappa shape index (κ3) is 2.49. The zero-order chi connectivity index (χ0) is 12.6. The van der Waals surface area contributed by atoms with E-state index in [2.05, 4.69) is 62.0 Å². The van der Waals surface area contributed by atoms with Crippen LogP contribution in [-0.4, -0.2) is 17.9 Å². The molecule has 0 amide bonds. The lowest BCUT2D eigenvalue weighted by Gasteiger charge is -2.17. The third-order valence-electron chi connectivity index (χ3n) is 2.99. The highest BCUT2D eigenvalue weighted by Gasteiger charge is 2.16. The summed E-state index contributed by atoms with van der Waals surface area (Å²) in [5, 5.41) is 5.99. The molecule has 0 radical (unpaired) electrons. The lowest BCUT2D eigenvalue weighted by molar-refractivity contribution is 0.834. The molecular weight excluding hydrogens is 224 g/mol. The summed E-state index contributed by atoms with van der Waals surface area (Å²) in [6.45, 7) is 11.2. The molecular formula is C14H20N2Si. The van der Waals surface area contributed by atoms with Crippen LogP contribution < -0.4 is 5.19 Å². The Morgan fingerprint density at radius 2 is 1.59 bits per heavy atom. The Kier molecular flexibility index (Phi) is 2.95. The van der Waals surface area contributed by atoms with Gasteiger partial charge in [-0.25, -0.2) is 4.68 Å². The van der Waals surface area contributed by atoms with Crippen molar-refractivity contribution in [3.63, 3.8) is 0 Å². The summed E-state index contributed by atoms with van der Waals surface area (Å²) in [5.74, 6) is 0. The zero-order valence-electron chi connectivity index (χ0n) is 11.3. The van der Waals surface area contributed by atoms with Gasteiger partial charge in [-0.15, -0.1) is 0 Å². The van der Waals surface area contributed by atoms with Gasteiger partial charge in [0.15, 0.2) is 0 Å². The van der Waals surface area contributed by atoms with Gasteiger partial charge in [0.2, 0.25) is 0 Å². The molecule has 1 heterocycles. The van der Waals surface area contributed by atoms with Gasteiger partial charge in [0.25, 0.3) is 0 Å². The van der Waals surface area contributed by atoms with E-state index >= 15 is 0 Å². The maximum absolute atomic E-state index is 4.50. The van der Waals surface area contributed by atoms with Crippen LogP contribution in [0.3, 0.4) is 0 Å². The first-order valence-corrected chi connectivity index (χ1v) is 9.52. The van der Waals surface area contributed by atoms with Gasteiger partial charge in [0.05, 0.1) is 19.5 Å². The van der Waals surface area contributed by atoms with Crippen LogP contribution in [0.1, 0.15) is 11.4 Å². The Morgan fingerprint density at radius 3 is 2.00 bits per heavy atom. The van der Waals surface area contributed by atoms with Crippen molar-refractivity contribution in [1.82, 2.24) is 9.78 Å². The average Bonchev–Trinajstić information content (AvgIpc) is 2.57. The maximum Gasteiger partial charge on any atom is 0.0775 e. The molecule has 0 fully saturated rings. The average molecular weight is 244 g/mol. The predicted molar refractivity (Wildman–Crippen MR) is 76.0 cm³/mol. The van der Waals surface area contributed by atoms with Crippen molar-refractivity contribution >= 4 is 13.3 Å². The van der Waals surface area contributed by atoms with E-state index in [9.17, 15) is 0 Å². The van der Waals surface area contributed by atoms with Crippen LogP contribution in [0.2, 0.25) is 19.6 Å². The molecule has 2 nitrogen and oxygen atoms in total.